The van der Waals surface area contributed by atoms with Crippen LogP contribution >= 0.6 is 0 Å². The lowest BCUT2D eigenvalue weighted by Crippen LogP contribution is -2.15. The summed E-state index contributed by atoms with van der Waals surface area (Å²) in [5.74, 6) is 0. The van der Waals surface area contributed by atoms with Crippen molar-refractivity contribution < 1.29 is 19.3 Å². The average molecular weight is 220 g/mol. The minimum Gasteiger partial charge on any atom is -0.379 e. The quantitative estimate of drug-likeness (QED) is 0.424. The molecule has 1 N–H and O–H groups in total. The summed E-state index contributed by atoms with van der Waals surface area (Å²) < 4.78 is 15.6. The van der Waals surface area contributed by atoms with E-state index >= 15 is 0 Å². The van der Waals surface area contributed by atoms with Gasteiger partial charge in [0.05, 0.1) is 26.4 Å². The van der Waals surface area contributed by atoms with Gasteiger partial charge >= 0.3 is 0 Å². The first-order valence-electron chi connectivity index (χ1n) is 5.76. The van der Waals surface area contributed by atoms with E-state index in [-0.39, 0.29) is 0 Å². The van der Waals surface area contributed by atoms with E-state index in [2.05, 4.69) is 6.92 Å². The van der Waals surface area contributed by atoms with Gasteiger partial charge in [0.25, 0.3) is 0 Å². The second-order valence-electron chi connectivity index (χ2n) is 3.31. The molecule has 0 bridgehead atoms. The molecular weight excluding hydrogens is 196 g/mol. The standard InChI is InChI=1S/C11H24O4/c1-3-5-6-13-7-8-14-9-10-15-11(12)4-2/h11-12H,3-10H2,1-2H3. The molecule has 0 amide bonds. The van der Waals surface area contributed by atoms with Crippen molar-refractivity contribution in [2.24, 2.45) is 0 Å². The highest BCUT2D eigenvalue weighted by atomic mass is 16.6. The first-order chi connectivity index (χ1) is 7.31. The van der Waals surface area contributed by atoms with Crippen molar-refractivity contribution in [1.82, 2.24) is 0 Å². The maximum Gasteiger partial charge on any atom is 0.154 e. The molecule has 0 aromatic carbocycles. The van der Waals surface area contributed by atoms with Crippen LogP contribution in [-0.4, -0.2) is 44.4 Å². The zero-order valence-electron chi connectivity index (χ0n) is 9.91. The summed E-state index contributed by atoms with van der Waals surface area (Å²) in [6.45, 7) is 6.98. The third-order valence-electron chi connectivity index (χ3n) is 1.90. The third-order valence-corrected chi connectivity index (χ3v) is 1.90. The van der Waals surface area contributed by atoms with Crippen molar-refractivity contribution in [1.29, 1.82) is 0 Å². The predicted octanol–water partition coefficient (Wildman–Crippen LogP) is 1.56. The van der Waals surface area contributed by atoms with E-state index in [0.717, 1.165) is 19.4 Å². The second-order valence-corrected chi connectivity index (χ2v) is 3.31. The molecule has 0 saturated carbocycles. The van der Waals surface area contributed by atoms with Gasteiger partial charge in [0, 0.05) is 6.61 Å². The fourth-order valence-electron chi connectivity index (χ4n) is 0.929. The number of aliphatic hydroxyl groups excluding tert-OH is 1. The summed E-state index contributed by atoms with van der Waals surface area (Å²) in [6.07, 6.45) is 2.21. The normalized spacial score (nSPS) is 13.0. The van der Waals surface area contributed by atoms with Gasteiger partial charge in [-0.3, -0.25) is 0 Å². The summed E-state index contributed by atoms with van der Waals surface area (Å²) in [6, 6.07) is 0. The van der Waals surface area contributed by atoms with Crippen molar-refractivity contribution in [2.75, 3.05) is 33.0 Å². The molecule has 0 rings (SSSR count). The summed E-state index contributed by atoms with van der Waals surface area (Å²) >= 11 is 0. The molecule has 4 heteroatoms. The van der Waals surface area contributed by atoms with E-state index in [1.807, 2.05) is 6.92 Å². The Morgan fingerprint density at radius 3 is 2.13 bits per heavy atom. The maximum atomic E-state index is 9.06. The van der Waals surface area contributed by atoms with Gasteiger partial charge in [0.15, 0.2) is 6.29 Å². The minimum atomic E-state index is -0.658. The average Bonchev–Trinajstić information content (AvgIpc) is 2.26. The van der Waals surface area contributed by atoms with Crippen molar-refractivity contribution in [3.05, 3.63) is 0 Å². The Kier molecular flexibility index (Phi) is 11.8. The van der Waals surface area contributed by atoms with Crippen LogP contribution in [0.4, 0.5) is 0 Å². The largest absolute Gasteiger partial charge is 0.379 e. The van der Waals surface area contributed by atoms with Gasteiger partial charge < -0.3 is 19.3 Å². The molecular formula is C11H24O4. The minimum absolute atomic E-state index is 0.434. The second kappa shape index (κ2) is 11.9. The lowest BCUT2D eigenvalue weighted by atomic mass is 10.4. The van der Waals surface area contributed by atoms with E-state index in [1.165, 1.54) is 0 Å². The summed E-state index contributed by atoms with van der Waals surface area (Å²) in [4.78, 5) is 0. The van der Waals surface area contributed by atoms with Crippen molar-refractivity contribution >= 4 is 0 Å². The Hall–Kier alpha value is -0.160. The zero-order chi connectivity index (χ0) is 11.4. The molecule has 0 aromatic heterocycles. The Bertz CT molecular complexity index is 119. The molecule has 4 nitrogen and oxygen atoms in total. The predicted molar refractivity (Wildman–Crippen MR) is 58.8 cm³/mol. The molecule has 15 heavy (non-hydrogen) atoms. The Balaban J connectivity index is 2.92. The summed E-state index contributed by atoms with van der Waals surface area (Å²) in [5, 5.41) is 9.06. The van der Waals surface area contributed by atoms with Crippen LogP contribution in [0.25, 0.3) is 0 Å². The molecule has 0 saturated heterocycles. The molecule has 1 unspecified atom stereocenters. The molecule has 0 aliphatic rings. The SMILES string of the molecule is CCCCOCCOCCOC(O)CC. The van der Waals surface area contributed by atoms with Crippen molar-refractivity contribution in [2.45, 2.75) is 39.4 Å². The van der Waals surface area contributed by atoms with Gasteiger partial charge in [0.2, 0.25) is 0 Å². The van der Waals surface area contributed by atoms with Gasteiger partial charge in [-0.1, -0.05) is 20.3 Å². The molecule has 92 valence electrons. The summed E-state index contributed by atoms with van der Waals surface area (Å²) in [7, 11) is 0. The molecule has 0 aromatic rings. The highest BCUT2D eigenvalue weighted by Crippen LogP contribution is 1.92. The fraction of sp³-hybridized carbons (Fsp3) is 1.00. The zero-order valence-corrected chi connectivity index (χ0v) is 9.91. The van der Waals surface area contributed by atoms with Gasteiger partial charge in [-0.2, -0.15) is 0 Å². The van der Waals surface area contributed by atoms with E-state index in [4.69, 9.17) is 19.3 Å². The van der Waals surface area contributed by atoms with Crippen LogP contribution in [-0.2, 0) is 14.2 Å². The monoisotopic (exact) mass is 220 g/mol. The lowest BCUT2D eigenvalue weighted by molar-refractivity contribution is -0.114. The summed E-state index contributed by atoms with van der Waals surface area (Å²) in [5.41, 5.74) is 0. The molecule has 0 aliphatic carbocycles. The number of ether oxygens (including phenoxy) is 3. The van der Waals surface area contributed by atoms with Crippen LogP contribution < -0.4 is 0 Å². The van der Waals surface area contributed by atoms with Gasteiger partial charge in [-0.05, 0) is 12.8 Å². The van der Waals surface area contributed by atoms with Crippen molar-refractivity contribution in [3.63, 3.8) is 0 Å². The lowest BCUT2D eigenvalue weighted by Gasteiger charge is -2.09. The van der Waals surface area contributed by atoms with Crippen molar-refractivity contribution in [3.8, 4) is 0 Å². The van der Waals surface area contributed by atoms with Gasteiger partial charge in [-0.15, -0.1) is 0 Å². The maximum absolute atomic E-state index is 9.06. The van der Waals surface area contributed by atoms with E-state index < -0.39 is 6.29 Å². The van der Waals surface area contributed by atoms with E-state index in [9.17, 15) is 0 Å². The molecule has 0 fully saturated rings. The number of aliphatic hydroxyl groups is 1. The molecule has 0 heterocycles. The smallest absolute Gasteiger partial charge is 0.154 e. The molecule has 0 spiro atoms. The Morgan fingerprint density at radius 1 is 0.933 bits per heavy atom. The highest BCUT2D eigenvalue weighted by Gasteiger charge is 1.98. The fourth-order valence-corrected chi connectivity index (χ4v) is 0.929. The van der Waals surface area contributed by atoms with Crippen LogP contribution in [0.1, 0.15) is 33.1 Å². The number of rotatable bonds is 11. The van der Waals surface area contributed by atoms with Crippen LogP contribution in [0.2, 0.25) is 0 Å². The number of hydrogen-bond donors (Lipinski definition) is 1. The van der Waals surface area contributed by atoms with Gasteiger partial charge in [-0.25, -0.2) is 0 Å². The van der Waals surface area contributed by atoms with Crippen LogP contribution in [0, 0.1) is 0 Å². The molecule has 0 aliphatic heterocycles. The highest BCUT2D eigenvalue weighted by molar-refractivity contribution is 4.37. The number of unbranched alkanes of at least 4 members (excludes halogenated alkanes) is 1. The van der Waals surface area contributed by atoms with Crippen LogP contribution in [0.5, 0.6) is 0 Å². The van der Waals surface area contributed by atoms with Crippen LogP contribution in [0.3, 0.4) is 0 Å². The topological polar surface area (TPSA) is 47.9 Å². The molecule has 0 radical (unpaired) electrons. The number of hydrogen-bond acceptors (Lipinski definition) is 4. The van der Waals surface area contributed by atoms with Crippen LogP contribution in [0.15, 0.2) is 0 Å². The Labute approximate surface area is 92.5 Å². The van der Waals surface area contributed by atoms with E-state index in [1.54, 1.807) is 0 Å². The molecule has 1 atom stereocenters. The first-order valence-corrected chi connectivity index (χ1v) is 5.76. The Morgan fingerprint density at radius 2 is 1.53 bits per heavy atom. The van der Waals surface area contributed by atoms with Gasteiger partial charge in [0.1, 0.15) is 0 Å². The third kappa shape index (κ3) is 11.8. The first kappa shape index (κ1) is 14.8. The van der Waals surface area contributed by atoms with E-state index in [0.29, 0.717) is 32.8 Å².